The molecule has 1 aromatic carbocycles. The molecular formula is C11H9N3O3. The zero-order chi connectivity index (χ0) is 12.0. The van der Waals surface area contributed by atoms with Crippen LogP contribution in [0.5, 0.6) is 0 Å². The van der Waals surface area contributed by atoms with E-state index in [9.17, 15) is 14.9 Å². The molecule has 0 spiro atoms. The minimum atomic E-state index is -0.559. The quantitative estimate of drug-likeness (QED) is 0.629. The molecule has 1 saturated carbocycles. The second-order valence-corrected chi connectivity index (χ2v) is 4.15. The van der Waals surface area contributed by atoms with E-state index < -0.39 is 10.5 Å². The molecule has 86 valence electrons. The Morgan fingerprint density at radius 1 is 1.41 bits per heavy atom. The van der Waals surface area contributed by atoms with Crippen LogP contribution in [0, 0.1) is 10.1 Å². The Bertz CT molecular complexity index is 673. The summed E-state index contributed by atoms with van der Waals surface area (Å²) in [4.78, 5) is 29.0. The van der Waals surface area contributed by atoms with Gasteiger partial charge in [0.25, 0.3) is 11.2 Å². The Hall–Kier alpha value is -2.24. The van der Waals surface area contributed by atoms with Crippen molar-refractivity contribution in [2.45, 2.75) is 18.8 Å². The Morgan fingerprint density at radius 2 is 2.18 bits per heavy atom. The average molecular weight is 231 g/mol. The molecule has 0 unspecified atom stereocenters. The number of hydrogen-bond acceptors (Lipinski definition) is 4. The number of nitrogens with one attached hydrogen (secondary N) is 1. The molecule has 1 heterocycles. The maximum atomic E-state index is 11.9. The van der Waals surface area contributed by atoms with E-state index in [1.165, 1.54) is 6.07 Å². The summed E-state index contributed by atoms with van der Waals surface area (Å²) in [5.74, 6) is 0.953. The molecule has 1 N–H and O–H groups in total. The number of hydrogen-bond donors (Lipinski definition) is 1. The number of aromatic amines is 1. The zero-order valence-electron chi connectivity index (χ0n) is 8.84. The summed E-state index contributed by atoms with van der Waals surface area (Å²) < 4.78 is 0. The molecule has 17 heavy (non-hydrogen) atoms. The fraction of sp³-hybridized carbons (Fsp3) is 0.273. The van der Waals surface area contributed by atoms with Crippen molar-refractivity contribution >= 4 is 16.6 Å². The van der Waals surface area contributed by atoms with Gasteiger partial charge in [0.2, 0.25) is 0 Å². The standard InChI is InChI=1S/C11H9N3O3/c15-11-9-7(2-1-3-8(9)14(16)17)12-10(13-11)6-4-5-6/h1-3,6H,4-5H2,(H,12,13,15). The van der Waals surface area contributed by atoms with Crippen LogP contribution in [0.15, 0.2) is 23.0 Å². The van der Waals surface area contributed by atoms with E-state index in [1.54, 1.807) is 12.1 Å². The van der Waals surface area contributed by atoms with Crippen molar-refractivity contribution in [1.29, 1.82) is 0 Å². The van der Waals surface area contributed by atoms with Crippen LogP contribution < -0.4 is 5.56 Å². The second kappa shape index (κ2) is 3.38. The number of nitro groups is 1. The van der Waals surface area contributed by atoms with Gasteiger partial charge in [-0.2, -0.15) is 0 Å². The van der Waals surface area contributed by atoms with Gasteiger partial charge in [-0.15, -0.1) is 0 Å². The van der Waals surface area contributed by atoms with Gasteiger partial charge in [0.1, 0.15) is 11.2 Å². The molecule has 1 aliphatic rings. The number of fused-ring (bicyclic) bond motifs is 1. The molecule has 2 aromatic rings. The maximum Gasteiger partial charge on any atom is 0.284 e. The van der Waals surface area contributed by atoms with Crippen LogP contribution in [-0.4, -0.2) is 14.9 Å². The van der Waals surface area contributed by atoms with Gasteiger partial charge in [0.15, 0.2) is 0 Å². The van der Waals surface area contributed by atoms with E-state index in [-0.39, 0.29) is 11.1 Å². The number of nitro benzene ring substituents is 1. The molecule has 6 heteroatoms. The van der Waals surface area contributed by atoms with Gasteiger partial charge < -0.3 is 4.98 Å². The van der Waals surface area contributed by atoms with E-state index in [0.29, 0.717) is 17.3 Å². The number of rotatable bonds is 2. The summed E-state index contributed by atoms with van der Waals surface area (Å²) >= 11 is 0. The normalized spacial score (nSPS) is 15.1. The van der Waals surface area contributed by atoms with Crippen molar-refractivity contribution in [3.63, 3.8) is 0 Å². The first-order valence-corrected chi connectivity index (χ1v) is 5.34. The number of non-ortho nitro benzene ring substituents is 1. The highest BCUT2D eigenvalue weighted by Gasteiger charge is 2.27. The Morgan fingerprint density at radius 3 is 2.82 bits per heavy atom. The minimum Gasteiger partial charge on any atom is -0.310 e. The van der Waals surface area contributed by atoms with Gasteiger partial charge >= 0.3 is 0 Å². The van der Waals surface area contributed by atoms with Crippen LogP contribution in [0.2, 0.25) is 0 Å². The molecule has 1 fully saturated rings. The first kappa shape index (κ1) is 9.95. The highest BCUT2D eigenvalue weighted by molar-refractivity contribution is 5.86. The van der Waals surface area contributed by atoms with Gasteiger partial charge in [-0.3, -0.25) is 14.9 Å². The maximum absolute atomic E-state index is 11.9. The summed E-state index contributed by atoms with van der Waals surface area (Å²) in [5, 5.41) is 10.9. The summed E-state index contributed by atoms with van der Waals surface area (Å²) in [7, 11) is 0. The van der Waals surface area contributed by atoms with Gasteiger partial charge in [-0.25, -0.2) is 4.98 Å². The topological polar surface area (TPSA) is 88.9 Å². The minimum absolute atomic E-state index is 0.0573. The molecule has 1 aromatic heterocycles. The summed E-state index contributed by atoms with van der Waals surface area (Å²) in [5.41, 5.74) is -0.229. The summed E-state index contributed by atoms with van der Waals surface area (Å²) in [6.45, 7) is 0. The lowest BCUT2D eigenvalue weighted by atomic mass is 10.2. The molecule has 6 nitrogen and oxygen atoms in total. The number of nitrogens with zero attached hydrogens (tertiary/aromatic N) is 2. The zero-order valence-corrected chi connectivity index (χ0v) is 8.84. The molecule has 1 aliphatic carbocycles. The predicted molar refractivity (Wildman–Crippen MR) is 61.0 cm³/mol. The van der Waals surface area contributed by atoms with Crippen LogP contribution in [0.4, 0.5) is 5.69 Å². The highest BCUT2D eigenvalue weighted by atomic mass is 16.6. The third-order valence-electron chi connectivity index (χ3n) is 2.89. The fourth-order valence-corrected chi connectivity index (χ4v) is 1.89. The number of aromatic nitrogens is 2. The molecular weight excluding hydrogens is 222 g/mol. The molecule has 0 radical (unpaired) electrons. The Kier molecular flexibility index (Phi) is 1.98. The van der Waals surface area contributed by atoms with Gasteiger partial charge in [0.05, 0.1) is 10.4 Å². The third kappa shape index (κ3) is 1.57. The van der Waals surface area contributed by atoms with Crippen molar-refractivity contribution in [2.24, 2.45) is 0 Å². The van der Waals surface area contributed by atoms with Gasteiger partial charge in [0, 0.05) is 12.0 Å². The molecule has 3 rings (SSSR count). The van der Waals surface area contributed by atoms with Crippen molar-refractivity contribution in [3.8, 4) is 0 Å². The molecule has 0 atom stereocenters. The lowest BCUT2D eigenvalue weighted by Gasteiger charge is -2.01. The smallest absolute Gasteiger partial charge is 0.284 e. The summed E-state index contributed by atoms with van der Waals surface area (Å²) in [6, 6.07) is 4.49. The van der Waals surface area contributed by atoms with E-state index in [0.717, 1.165) is 12.8 Å². The SMILES string of the molecule is O=c1[nH]c(C2CC2)nc2cccc([N+](=O)[O-])c12. The molecule has 0 bridgehead atoms. The third-order valence-corrected chi connectivity index (χ3v) is 2.89. The lowest BCUT2D eigenvalue weighted by molar-refractivity contribution is -0.383. The lowest BCUT2D eigenvalue weighted by Crippen LogP contribution is -2.12. The molecule has 0 amide bonds. The fourth-order valence-electron chi connectivity index (χ4n) is 1.89. The van der Waals surface area contributed by atoms with Crippen LogP contribution >= 0.6 is 0 Å². The number of H-pyrrole nitrogens is 1. The first-order chi connectivity index (χ1) is 8.16. The number of benzene rings is 1. The Labute approximate surface area is 95.5 Å². The van der Waals surface area contributed by atoms with Gasteiger partial charge in [-0.05, 0) is 18.9 Å². The van der Waals surface area contributed by atoms with E-state index >= 15 is 0 Å². The van der Waals surface area contributed by atoms with Crippen molar-refractivity contribution in [1.82, 2.24) is 9.97 Å². The van der Waals surface area contributed by atoms with Crippen molar-refractivity contribution in [2.75, 3.05) is 0 Å². The van der Waals surface area contributed by atoms with Crippen LogP contribution in [0.25, 0.3) is 10.9 Å². The second-order valence-electron chi connectivity index (χ2n) is 4.15. The average Bonchev–Trinajstić information content (AvgIpc) is 3.11. The largest absolute Gasteiger partial charge is 0.310 e. The van der Waals surface area contributed by atoms with Crippen LogP contribution in [0.3, 0.4) is 0 Å². The first-order valence-electron chi connectivity index (χ1n) is 5.34. The van der Waals surface area contributed by atoms with Crippen molar-refractivity contribution in [3.05, 3.63) is 44.5 Å². The van der Waals surface area contributed by atoms with Gasteiger partial charge in [-0.1, -0.05) is 6.07 Å². The predicted octanol–water partition coefficient (Wildman–Crippen LogP) is 1.71. The summed E-state index contributed by atoms with van der Waals surface area (Å²) in [6.07, 6.45) is 2.03. The van der Waals surface area contributed by atoms with Crippen LogP contribution in [0.1, 0.15) is 24.6 Å². The van der Waals surface area contributed by atoms with E-state index in [4.69, 9.17) is 0 Å². The molecule has 0 aliphatic heterocycles. The molecule has 0 saturated heterocycles. The monoisotopic (exact) mass is 231 g/mol. The van der Waals surface area contributed by atoms with Crippen LogP contribution in [-0.2, 0) is 0 Å². The highest BCUT2D eigenvalue weighted by Crippen LogP contribution is 2.38. The van der Waals surface area contributed by atoms with E-state index in [2.05, 4.69) is 9.97 Å². The van der Waals surface area contributed by atoms with Crippen molar-refractivity contribution < 1.29 is 4.92 Å². The van der Waals surface area contributed by atoms with E-state index in [1.807, 2.05) is 0 Å². The Balaban J connectivity index is 2.34.